The van der Waals surface area contributed by atoms with E-state index < -0.39 is 9.05 Å². The first-order valence-corrected chi connectivity index (χ1v) is 8.61. The average Bonchev–Trinajstić information content (AvgIpc) is 2.45. The van der Waals surface area contributed by atoms with Crippen molar-refractivity contribution in [2.24, 2.45) is 0 Å². The molecular weight excluding hydrogens is 318 g/mol. The summed E-state index contributed by atoms with van der Waals surface area (Å²) in [6, 6.07) is 2.63. The molecule has 1 amide bonds. The molecule has 1 aromatic rings. The highest BCUT2D eigenvalue weighted by atomic mass is 35.7. The number of amides is 1. The monoisotopic (exact) mass is 335 g/mol. The molecule has 0 aliphatic carbocycles. The van der Waals surface area contributed by atoms with E-state index in [0.717, 1.165) is 0 Å². The van der Waals surface area contributed by atoms with Gasteiger partial charge in [0.1, 0.15) is 16.2 Å². The zero-order valence-corrected chi connectivity index (χ0v) is 13.9. The van der Waals surface area contributed by atoms with Crippen LogP contribution in [0.25, 0.3) is 0 Å². The Hall–Kier alpha value is -1.47. The molecule has 6 nitrogen and oxygen atoms in total. The summed E-state index contributed by atoms with van der Waals surface area (Å²) >= 11 is 0. The lowest BCUT2D eigenvalue weighted by Gasteiger charge is -2.22. The van der Waals surface area contributed by atoms with Crippen LogP contribution in [-0.2, 0) is 9.05 Å². The number of carbonyl (C=O) groups excluding carboxylic acids is 1. The van der Waals surface area contributed by atoms with Gasteiger partial charge in [0.15, 0.2) is 5.75 Å². The van der Waals surface area contributed by atoms with Crippen molar-refractivity contribution in [3.05, 3.63) is 17.7 Å². The fourth-order valence-electron chi connectivity index (χ4n) is 1.98. The molecule has 0 atom stereocenters. The van der Waals surface area contributed by atoms with Gasteiger partial charge in [-0.3, -0.25) is 4.79 Å². The Balaban J connectivity index is 3.64. The molecule has 0 unspecified atom stereocenters. The van der Waals surface area contributed by atoms with E-state index in [1.54, 1.807) is 0 Å². The van der Waals surface area contributed by atoms with Gasteiger partial charge in [-0.05, 0) is 26.0 Å². The maximum Gasteiger partial charge on any atom is 0.265 e. The minimum Gasteiger partial charge on any atom is -0.496 e. The number of benzene rings is 1. The highest BCUT2D eigenvalue weighted by Gasteiger charge is 2.28. The zero-order chi connectivity index (χ0) is 16.2. The van der Waals surface area contributed by atoms with Gasteiger partial charge in [0.2, 0.25) is 0 Å². The van der Waals surface area contributed by atoms with Gasteiger partial charge in [0.05, 0.1) is 14.2 Å². The van der Waals surface area contributed by atoms with Crippen molar-refractivity contribution in [1.29, 1.82) is 0 Å². The van der Waals surface area contributed by atoms with Crippen LogP contribution >= 0.6 is 10.7 Å². The van der Waals surface area contributed by atoms with Gasteiger partial charge in [0.25, 0.3) is 15.0 Å². The first-order valence-electron chi connectivity index (χ1n) is 6.30. The number of hydrogen-bond donors (Lipinski definition) is 0. The van der Waals surface area contributed by atoms with E-state index in [4.69, 9.17) is 20.2 Å². The normalized spacial score (nSPS) is 11.1. The predicted molar refractivity (Wildman–Crippen MR) is 79.8 cm³/mol. The van der Waals surface area contributed by atoms with Gasteiger partial charge in [-0.1, -0.05) is 0 Å². The molecule has 0 saturated heterocycles. The van der Waals surface area contributed by atoms with Crippen LogP contribution in [0.5, 0.6) is 11.5 Å². The minimum atomic E-state index is -4.04. The lowest BCUT2D eigenvalue weighted by molar-refractivity contribution is 0.0765. The van der Waals surface area contributed by atoms with Gasteiger partial charge >= 0.3 is 0 Å². The fourth-order valence-corrected chi connectivity index (χ4v) is 2.98. The number of rotatable bonds is 6. The average molecular weight is 336 g/mol. The Morgan fingerprint density at radius 1 is 1.19 bits per heavy atom. The van der Waals surface area contributed by atoms with Crippen LogP contribution in [0.4, 0.5) is 0 Å². The van der Waals surface area contributed by atoms with Crippen LogP contribution in [0, 0.1) is 0 Å². The predicted octanol–water partition coefficient (Wildman–Crippen LogP) is 2.11. The molecule has 21 heavy (non-hydrogen) atoms. The number of methoxy groups -OCH3 is 2. The van der Waals surface area contributed by atoms with Crippen LogP contribution < -0.4 is 9.47 Å². The van der Waals surface area contributed by atoms with Gasteiger partial charge in [-0.25, -0.2) is 8.42 Å². The molecule has 118 valence electrons. The summed E-state index contributed by atoms with van der Waals surface area (Å²) in [5.41, 5.74) is 0.0467. The quantitative estimate of drug-likeness (QED) is 0.744. The Labute approximate surface area is 129 Å². The van der Waals surface area contributed by atoms with Crippen molar-refractivity contribution in [2.45, 2.75) is 18.7 Å². The standard InChI is InChI=1S/C13H18ClNO5S/c1-5-15(6-2)13(16)11-9(19-3)7-8-10(12(11)20-4)21(14,17)18/h7-8H,5-6H2,1-4H3. The molecule has 0 aromatic heterocycles. The molecule has 0 radical (unpaired) electrons. The molecular formula is C13H18ClNO5S. The van der Waals surface area contributed by atoms with E-state index in [-0.39, 0.29) is 27.9 Å². The molecule has 0 aliphatic heterocycles. The van der Waals surface area contributed by atoms with Gasteiger partial charge in [0, 0.05) is 23.8 Å². The highest BCUT2D eigenvalue weighted by Crippen LogP contribution is 2.37. The van der Waals surface area contributed by atoms with Crippen molar-refractivity contribution in [1.82, 2.24) is 4.90 Å². The van der Waals surface area contributed by atoms with Crippen LogP contribution in [0.2, 0.25) is 0 Å². The summed E-state index contributed by atoms with van der Waals surface area (Å²) in [6.45, 7) is 4.59. The Kier molecular flexibility index (Phi) is 5.86. The first-order chi connectivity index (χ1) is 9.81. The van der Waals surface area contributed by atoms with Gasteiger partial charge < -0.3 is 14.4 Å². The Bertz CT molecular complexity index is 626. The molecule has 0 bridgehead atoms. The van der Waals surface area contributed by atoms with Crippen molar-refractivity contribution in [2.75, 3.05) is 27.3 Å². The number of nitrogens with zero attached hydrogens (tertiary/aromatic N) is 1. The second kappa shape index (κ2) is 7.00. The molecule has 0 N–H and O–H groups in total. The summed E-state index contributed by atoms with van der Waals surface area (Å²) in [5.74, 6) is -0.259. The second-order valence-corrected chi connectivity index (χ2v) is 6.62. The largest absolute Gasteiger partial charge is 0.496 e. The lowest BCUT2D eigenvalue weighted by atomic mass is 10.1. The van der Waals surface area contributed by atoms with Gasteiger partial charge in [-0.2, -0.15) is 0 Å². The number of hydrogen-bond acceptors (Lipinski definition) is 5. The van der Waals surface area contributed by atoms with E-state index in [1.165, 1.54) is 31.3 Å². The van der Waals surface area contributed by atoms with Crippen molar-refractivity contribution in [3.8, 4) is 11.5 Å². The number of ether oxygens (including phenoxy) is 2. The van der Waals surface area contributed by atoms with Crippen molar-refractivity contribution >= 4 is 25.6 Å². The summed E-state index contributed by atoms with van der Waals surface area (Å²) in [7, 11) is 4.01. The Morgan fingerprint density at radius 3 is 2.14 bits per heavy atom. The van der Waals surface area contributed by atoms with E-state index in [1.807, 2.05) is 13.8 Å². The number of carbonyl (C=O) groups is 1. The second-order valence-electron chi connectivity index (χ2n) is 4.09. The third kappa shape index (κ3) is 3.59. The molecule has 0 saturated carbocycles. The minimum absolute atomic E-state index is 0.0467. The molecule has 1 aromatic carbocycles. The molecule has 1 rings (SSSR count). The summed E-state index contributed by atoms with van der Waals surface area (Å²) in [5, 5.41) is 0. The molecule has 0 aliphatic rings. The third-order valence-corrected chi connectivity index (χ3v) is 4.38. The first kappa shape index (κ1) is 17.6. The number of halogens is 1. The molecule has 0 heterocycles. The highest BCUT2D eigenvalue weighted by molar-refractivity contribution is 8.13. The van der Waals surface area contributed by atoms with Crippen LogP contribution in [-0.4, -0.2) is 46.5 Å². The van der Waals surface area contributed by atoms with Crippen LogP contribution in [0.3, 0.4) is 0 Å². The lowest BCUT2D eigenvalue weighted by Crippen LogP contribution is -2.31. The third-order valence-electron chi connectivity index (χ3n) is 3.03. The zero-order valence-electron chi connectivity index (χ0n) is 12.3. The summed E-state index contributed by atoms with van der Waals surface area (Å²) in [4.78, 5) is 13.8. The van der Waals surface area contributed by atoms with E-state index in [2.05, 4.69) is 0 Å². The SMILES string of the molecule is CCN(CC)C(=O)c1c(OC)ccc(S(=O)(=O)Cl)c1OC. The van der Waals surface area contributed by atoms with Crippen LogP contribution in [0.1, 0.15) is 24.2 Å². The molecule has 0 spiro atoms. The fraction of sp³-hybridized carbons (Fsp3) is 0.462. The van der Waals surface area contributed by atoms with E-state index in [0.29, 0.717) is 13.1 Å². The summed E-state index contributed by atoms with van der Waals surface area (Å²) in [6.07, 6.45) is 0. The van der Waals surface area contributed by atoms with Gasteiger partial charge in [-0.15, -0.1) is 0 Å². The van der Waals surface area contributed by atoms with Crippen molar-refractivity contribution < 1.29 is 22.7 Å². The van der Waals surface area contributed by atoms with Crippen molar-refractivity contribution in [3.63, 3.8) is 0 Å². The molecule has 0 fully saturated rings. The smallest absolute Gasteiger partial charge is 0.265 e. The van der Waals surface area contributed by atoms with Crippen LogP contribution in [0.15, 0.2) is 17.0 Å². The molecule has 8 heteroatoms. The van der Waals surface area contributed by atoms with E-state index in [9.17, 15) is 13.2 Å². The van der Waals surface area contributed by atoms with E-state index >= 15 is 0 Å². The summed E-state index contributed by atoms with van der Waals surface area (Å²) < 4.78 is 33.5. The Morgan fingerprint density at radius 2 is 1.76 bits per heavy atom. The topological polar surface area (TPSA) is 72.9 Å². The maximum absolute atomic E-state index is 12.6. The maximum atomic E-state index is 12.6.